The number of furan rings is 1. The van der Waals surface area contributed by atoms with E-state index in [9.17, 15) is 14.7 Å². The molecule has 1 N–H and O–H groups in total. The van der Waals surface area contributed by atoms with Crippen LogP contribution in [0.15, 0.2) is 83.3 Å². The fourth-order valence-electron chi connectivity index (χ4n) is 3.46. The number of allylic oxidation sites excluding steroid dienone is 1. The average molecular weight is 404 g/mol. The van der Waals surface area contributed by atoms with Gasteiger partial charge in [0, 0.05) is 31.7 Å². The van der Waals surface area contributed by atoms with E-state index in [2.05, 4.69) is 9.97 Å². The van der Waals surface area contributed by atoms with Crippen molar-refractivity contribution in [3.05, 3.63) is 90.4 Å². The van der Waals surface area contributed by atoms with Crippen LogP contribution in [0.1, 0.15) is 23.9 Å². The Morgan fingerprint density at radius 3 is 2.80 bits per heavy atom. The Balaban J connectivity index is 1.59. The second-order valence-corrected chi connectivity index (χ2v) is 6.79. The summed E-state index contributed by atoms with van der Waals surface area (Å²) in [5.74, 6) is -1.09. The van der Waals surface area contributed by atoms with Gasteiger partial charge in [-0.2, -0.15) is 0 Å². The molecule has 0 aromatic carbocycles. The van der Waals surface area contributed by atoms with Gasteiger partial charge in [0.2, 0.25) is 0 Å². The number of hydrogen-bond acceptors (Lipinski definition) is 6. The van der Waals surface area contributed by atoms with E-state index < -0.39 is 23.5 Å². The number of aryl methyl sites for hydroxylation is 1. The van der Waals surface area contributed by atoms with Crippen molar-refractivity contribution in [2.45, 2.75) is 19.0 Å². The van der Waals surface area contributed by atoms with Crippen LogP contribution >= 0.6 is 0 Å². The summed E-state index contributed by atoms with van der Waals surface area (Å²) in [5.41, 5.74) is 0.538. The number of aromatic nitrogens is 3. The van der Waals surface area contributed by atoms with Crippen LogP contribution < -0.4 is 0 Å². The van der Waals surface area contributed by atoms with Gasteiger partial charge in [0.25, 0.3) is 5.91 Å². The Morgan fingerprint density at radius 2 is 2.10 bits per heavy atom. The van der Waals surface area contributed by atoms with Crippen molar-refractivity contribution >= 4 is 17.8 Å². The van der Waals surface area contributed by atoms with Gasteiger partial charge in [0.15, 0.2) is 11.5 Å². The Kier molecular flexibility index (Phi) is 5.56. The number of rotatable bonds is 8. The predicted octanol–water partition coefficient (Wildman–Crippen LogP) is 2.94. The van der Waals surface area contributed by atoms with E-state index in [0.717, 1.165) is 0 Å². The van der Waals surface area contributed by atoms with E-state index in [-0.39, 0.29) is 5.57 Å². The number of carbonyl (C=O) groups is 2. The number of aliphatic hydroxyl groups excluding tert-OH is 1. The first-order valence-electron chi connectivity index (χ1n) is 9.52. The number of hydrogen-bond donors (Lipinski definition) is 1. The third kappa shape index (κ3) is 3.93. The van der Waals surface area contributed by atoms with Crippen LogP contribution in [-0.2, 0) is 16.1 Å². The Labute approximate surface area is 172 Å². The third-order valence-electron chi connectivity index (χ3n) is 4.85. The number of pyridine rings is 1. The topological polar surface area (TPSA) is 101 Å². The van der Waals surface area contributed by atoms with E-state index in [4.69, 9.17) is 4.42 Å². The normalized spacial score (nSPS) is 16.7. The molecule has 1 amide bonds. The zero-order chi connectivity index (χ0) is 20.9. The zero-order valence-electron chi connectivity index (χ0n) is 16.1. The highest BCUT2D eigenvalue weighted by Crippen LogP contribution is 2.37. The molecular formula is C22H20N4O4. The van der Waals surface area contributed by atoms with Crippen LogP contribution in [-0.4, -0.2) is 42.8 Å². The molecule has 4 heterocycles. The van der Waals surface area contributed by atoms with Crippen molar-refractivity contribution < 1.29 is 19.1 Å². The van der Waals surface area contributed by atoms with Crippen molar-refractivity contribution in [3.63, 3.8) is 0 Å². The maximum atomic E-state index is 12.9. The van der Waals surface area contributed by atoms with E-state index >= 15 is 0 Å². The number of amides is 1. The van der Waals surface area contributed by atoms with E-state index in [1.165, 1.54) is 23.3 Å². The van der Waals surface area contributed by atoms with Crippen LogP contribution in [0, 0.1) is 0 Å². The molecule has 1 unspecified atom stereocenters. The zero-order valence-corrected chi connectivity index (χ0v) is 16.1. The lowest BCUT2D eigenvalue weighted by molar-refractivity contribution is -0.129. The van der Waals surface area contributed by atoms with Crippen molar-refractivity contribution in [2.24, 2.45) is 0 Å². The molecule has 0 spiro atoms. The summed E-state index contributed by atoms with van der Waals surface area (Å²) in [6, 6.07) is 7.94. The van der Waals surface area contributed by atoms with Crippen LogP contribution in [0.5, 0.6) is 0 Å². The molecule has 152 valence electrons. The van der Waals surface area contributed by atoms with Gasteiger partial charge in [-0.3, -0.25) is 14.6 Å². The highest BCUT2D eigenvalue weighted by Gasteiger charge is 2.43. The molecule has 1 aliphatic heterocycles. The average Bonchev–Trinajstić information content (AvgIpc) is 3.51. The molecule has 1 atom stereocenters. The first kappa shape index (κ1) is 19.4. The molecule has 0 fully saturated rings. The lowest BCUT2D eigenvalue weighted by Gasteiger charge is -2.25. The molecule has 0 bridgehead atoms. The van der Waals surface area contributed by atoms with Gasteiger partial charge in [-0.25, -0.2) is 4.98 Å². The van der Waals surface area contributed by atoms with Crippen LogP contribution in [0.4, 0.5) is 0 Å². The van der Waals surface area contributed by atoms with Gasteiger partial charge in [0.05, 0.1) is 23.9 Å². The molecule has 30 heavy (non-hydrogen) atoms. The van der Waals surface area contributed by atoms with Gasteiger partial charge in [0.1, 0.15) is 11.8 Å². The van der Waals surface area contributed by atoms with Gasteiger partial charge >= 0.3 is 0 Å². The smallest absolute Gasteiger partial charge is 0.290 e. The fourth-order valence-corrected chi connectivity index (χ4v) is 3.46. The summed E-state index contributed by atoms with van der Waals surface area (Å²) in [6.45, 7) is 1.00. The van der Waals surface area contributed by atoms with Crippen molar-refractivity contribution in [1.82, 2.24) is 19.4 Å². The Hall–Kier alpha value is -3.94. The van der Waals surface area contributed by atoms with E-state index in [1.807, 2.05) is 10.8 Å². The highest BCUT2D eigenvalue weighted by molar-refractivity contribution is 6.14. The SMILES string of the molecule is O=C(C=Cc1ccco1)C1=C(O)C(=O)N(CCCn2ccnc2)C1c1ccccn1. The quantitative estimate of drug-likeness (QED) is 0.579. The van der Waals surface area contributed by atoms with Gasteiger partial charge in [-0.05, 0) is 42.8 Å². The number of ketones is 1. The minimum Gasteiger partial charge on any atom is -0.503 e. The number of imidazole rings is 1. The molecule has 8 nitrogen and oxygen atoms in total. The summed E-state index contributed by atoms with van der Waals surface area (Å²) in [5, 5.41) is 10.5. The molecule has 8 heteroatoms. The maximum absolute atomic E-state index is 12.9. The van der Waals surface area contributed by atoms with Crippen LogP contribution in [0.25, 0.3) is 6.08 Å². The minimum absolute atomic E-state index is 0.0177. The van der Waals surface area contributed by atoms with Gasteiger partial charge in [-0.15, -0.1) is 0 Å². The Morgan fingerprint density at radius 1 is 1.20 bits per heavy atom. The molecular weight excluding hydrogens is 384 g/mol. The van der Waals surface area contributed by atoms with Crippen molar-refractivity contribution in [3.8, 4) is 0 Å². The molecule has 4 rings (SSSR count). The van der Waals surface area contributed by atoms with E-state index in [0.29, 0.717) is 31.0 Å². The van der Waals surface area contributed by atoms with Crippen molar-refractivity contribution in [1.29, 1.82) is 0 Å². The highest BCUT2D eigenvalue weighted by atomic mass is 16.3. The summed E-state index contributed by atoms with van der Waals surface area (Å²) in [7, 11) is 0. The molecule has 1 aliphatic rings. The number of nitrogens with zero attached hydrogens (tertiary/aromatic N) is 4. The predicted molar refractivity (Wildman–Crippen MR) is 108 cm³/mol. The van der Waals surface area contributed by atoms with E-state index in [1.54, 1.807) is 49.1 Å². The first-order valence-corrected chi connectivity index (χ1v) is 9.52. The van der Waals surface area contributed by atoms with Crippen LogP contribution in [0.3, 0.4) is 0 Å². The molecule has 0 saturated carbocycles. The number of aliphatic hydroxyl groups is 1. The minimum atomic E-state index is -0.754. The van der Waals surface area contributed by atoms with Gasteiger partial charge in [-0.1, -0.05) is 6.07 Å². The summed E-state index contributed by atoms with van der Waals surface area (Å²) in [6.07, 6.45) is 11.7. The first-order chi connectivity index (χ1) is 14.6. The number of carbonyl (C=O) groups excluding carboxylic acids is 2. The van der Waals surface area contributed by atoms with Crippen LogP contribution in [0.2, 0.25) is 0 Å². The second-order valence-electron chi connectivity index (χ2n) is 6.79. The summed E-state index contributed by atoms with van der Waals surface area (Å²) < 4.78 is 7.11. The fraction of sp³-hybridized carbons (Fsp3) is 0.182. The molecule has 3 aromatic heterocycles. The summed E-state index contributed by atoms with van der Waals surface area (Å²) >= 11 is 0. The monoisotopic (exact) mass is 404 g/mol. The molecule has 0 aliphatic carbocycles. The second kappa shape index (κ2) is 8.60. The third-order valence-corrected chi connectivity index (χ3v) is 4.85. The lowest BCUT2D eigenvalue weighted by atomic mass is 9.99. The standard InChI is InChI=1S/C22H20N4O4/c27-18(8-7-16-5-3-14-30-16)19-20(17-6-1-2-9-24-17)26(22(29)21(19)28)12-4-11-25-13-10-23-15-25/h1-3,5-10,13-15,20,28H,4,11-12H2. The molecule has 0 radical (unpaired) electrons. The van der Waals surface area contributed by atoms with Crippen molar-refractivity contribution in [2.75, 3.05) is 6.54 Å². The largest absolute Gasteiger partial charge is 0.503 e. The summed E-state index contributed by atoms with van der Waals surface area (Å²) in [4.78, 5) is 35.5. The molecule has 3 aromatic rings. The van der Waals surface area contributed by atoms with Gasteiger partial charge < -0.3 is 19.0 Å². The maximum Gasteiger partial charge on any atom is 0.290 e. The molecule has 0 saturated heterocycles. The Bertz CT molecular complexity index is 1070. The lowest BCUT2D eigenvalue weighted by Crippen LogP contribution is -2.33.